The normalized spacial score (nSPS) is 42.0. The van der Waals surface area contributed by atoms with Crippen molar-refractivity contribution >= 4 is 0 Å². The lowest BCUT2D eigenvalue weighted by atomic mass is 9.84. The predicted molar refractivity (Wildman–Crippen MR) is 62.8 cm³/mol. The van der Waals surface area contributed by atoms with Gasteiger partial charge in [-0.15, -0.1) is 0 Å². The molecular weight excluding hydrogens is 186 g/mol. The van der Waals surface area contributed by atoms with Gasteiger partial charge in [-0.3, -0.25) is 0 Å². The summed E-state index contributed by atoms with van der Waals surface area (Å²) in [5.41, 5.74) is 0. The third-order valence-corrected chi connectivity index (χ3v) is 4.43. The summed E-state index contributed by atoms with van der Waals surface area (Å²) in [5.74, 6) is 1.36. The number of aliphatic hydroxyl groups excluding tert-OH is 1. The molecule has 0 radical (unpaired) electrons. The first-order valence-electron chi connectivity index (χ1n) is 6.68. The molecule has 4 atom stereocenters. The Labute approximate surface area is 93.5 Å². The predicted octanol–water partition coefficient (Wildman–Crippen LogP) is 2.32. The van der Waals surface area contributed by atoms with Crippen LogP contribution in [0.25, 0.3) is 0 Å². The molecule has 2 fully saturated rings. The average molecular weight is 211 g/mol. The summed E-state index contributed by atoms with van der Waals surface area (Å²) in [6, 6.07) is 1.32. The smallest absolute Gasteiger partial charge is 0.0474 e. The van der Waals surface area contributed by atoms with Gasteiger partial charge in [0.05, 0.1) is 0 Å². The van der Waals surface area contributed by atoms with E-state index in [9.17, 15) is 5.11 Å². The van der Waals surface area contributed by atoms with E-state index in [-0.39, 0.29) is 0 Å². The molecule has 0 bridgehead atoms. The van der Waals surface area contributed by atoms with Gasteiger partial charge >= 0.3 is 0 Å². The van der Waals surface area contributed by atoms with E-state index in [4.69, 9.17) is 0 Å². The zero-order valence-corrected chi connectivity index (χ0v) is 9.91. The third-order valence-electron chi connectivity index (χ3n) is 4.43. The SMILES string of the molecule is CC1CCCC1NC1CCCCC1CO. The van der Waals surface area contributed by atoms with E-state index in [0.29, 0.717) is 18.6 Å². The van der Waals surface area contributed by atoms with Gasteiger partial charge in [0, 0.05) is 18.7 Å². The molecule has 0 spiro atoms. The molecule has 2 aliphatic carbocycles. The Bertz CT molecular complexity index is 195. The summed E-state index contributed by atoms with van der Waals surface area (Å²) < 4.78 is 0. The van der Waals surface area contributed by atoms with E-state index in [1.54, 1.807) is 0 Å². The van der Waals surface area contributed by atoms with E-state index in [2.05, 4.69) is 12.2 Å². The van der Waals surface area contributed by atoms with Gasteiger partial charge in [0.1, 0.15) is 0 Å². The molecule has 4 unspecified atom stereocenters. The Morgan fingerprint density at radius 1 is 1.00 bits per heavy atom. The van der Waals surface area contributed by atoms with Crippen LogP contribution in [0, 0.1) is 11.8 Å². The molecule has 2 heteroatoms. The standard InChI is InChI=1S/C13H25NO/c1-10-5-4-8-12(10)14-13-7-3-2-6-11(13)9-15/h10-15H,2-9H2,1H3. The van der Waals surface area contributed by atoms with Crippen LogP contribution in [-0.4, -0.2) is 23.8 Å². The van der Waals surface area contributed by atoms with Crippen molar-refractivity contribution in [2.24, 2.45) is 11.8 Å². The van der Waals surface area contributed by atoms with E-state index < -0.39 is 0 Å². The molecule has 0 amide bonds. The highest BCUT2D eigenvalue weighted by Gasteiger charge is 2.30. The first kappa shape index (κ1) is 11.4. The van der Waals surface area contributed by atoms with E-state index >= 15 is 0 Å². The van der Waals surface area contributed by atoms with Crippen LogP contribution >= 0.6 is 0 Å². The topological polar surface area (TPSA) is 32.3 Å². The van der Waals surface area contributed by atoms with Crippen LogP contribution in [-0.2, 0) is 0 Å². The van der Waals surface area contributed by atoms with Gasteiger partial charge in [0.15, 0.2) is 0 Å². The van der Waals surface area contributed by atoms with E-state index in [0.717, 1.165) is 12.0 Å². The minimum absolute atomic E-state index is 0.374. The summed E-state index contributed by atoms with van der Waals surface area (Å²) in [7, 11) is 0. The third kappa shape index (κ3) is 2.73. The first-order chi connectivity index (χ1) is 7.31. The summed E-state index contributed by atoms with van der Waals surface area (Å²) >= 11 is 0. The van der Waals surface area contributed by atoms with Gasteiger partial charge in [0.25, 0.3) is 0 Å². The lowest BCUT2D eigenvalue weighted by Gasteiger charge is -2.34. The fourth-order valence-corrected chi connectivity index (χ4v) is 3.31. The second kappa shape index (κ2) is 5.31. The Balaban J connectivity index is 1.85. The quantitative estimate of drug-likeness (QED) is 0.751. The number of aliphatic hydroxyl groups is 1. The molecule has 0 heterocycles. The summed E-state index contributed by atoms with van der Waals surface area (Å²) in [6.07, 6.45) is 9.25. The highest BCUT2D eigenvalue weighted by atomic mass is 16.3. The Morgan fingerprint density at radius 2 is 1.73 bits per heavy atom. The molecule has 0 aromatic rings. The fourth-order valence-electron chi connectivity index (χ4n) is 3.31. The fraction of sp³-hybridized carbons (Fsp3) is 1.00. The van der Waals surface area contributed by atoms with Crippen molar-refractivity contribution in [3.63, 3.8) is 0 Å². The second-order valence-corrected chi connectivity index (χ2v) is 5.51. The molecule has 2 nitrogen and oxygen atoms in total. The van der Waals surface area contributed by atoms with Crippen LogP contribution < -0.4 is 5.32 Å². The van der Waals surface area contributed by atoms with Crippen molar-refractivity contribution < 1.29 is 5.11 Å². The van der Waals surface area contributed by atoms with Crippen LogP contribution in [0.5, 0.6) is 0 Å². The monoisotopic (exact) mass is 211 g/mol. The second-order valence-electron chi connectivity index (χ2n) is 5.51. The van der Waals surface area contributed by atoms with E-state index in [1.165, 1.54) is 44.9 Å². The molecule has 2 N–H and O–H groups in total. The summed E-state index contributed by atoms with van der Waals surface area (Å²) in [5, 5.41) is 13.2. The molecule has 2 rings (SSSR count). The Kier molecular flexibility index (Phi) is 4.04. The van der Waals surface area contributed by atoms with Crippen LogP contribution in [0.3, 0.4) is 0 Å². The van der Waals surface area contributed by atoms with Gasteiger partial charge in [-0.05, 0) is 37.5 Å². The van der Waals surface area contributed by atoms with Crippen LogP contribution in [0.1, 0.15) is 51.9 Å². The lowest BCUT2D eigenvalue weighted by Crippen LogP contribution is -2.46. The molecule has 0 aliphatic heterocycles. The van der Waals surface area contributed by atoms with Crippen molar-refractivity contribution in [2.75, 3.05) is 6.61 Å². The largest absolute Gasteiger partial charge is 0.396 e. The maximum Gasteiger partial charge on any atom is 0.0474 e. The van der Waals surface area contributed by atoms with Gasteiger partial charge in [-0.25, -0.2) is 0 Å². The number of hydrogen-bond acceptors (Lipinski definition) is 2. The van der Waals surface area contributed by atoms with Crippen LogP contribution in [0.4, 0.5) is 0 Å². The highest BCUT2D eigenvalue weighted by Crippen LogP contribution is 2.29. The summed E-state index contributed by atoms with van der Waals surface area (Å²) in [4.78, 5) is 0. The molecule has 2 saturated carbocycles. The molecule has 2 aliphatic rings. The van der Waals surface area contributed by atoms with Gasteiger partial charge < -0.3 is 10.4 Å². The minimum atomic E-state index is 0.374. The summed E-state index contributed by atoms with van der Waals surface area (Å²) in [6.45, 7) is 2.74. The maximum atomic E-state index is 9.36. The zero-order chi connectivity index (χ0) is 10.7. The van der Waals surface area contributed by atoms with Crippen LogP contribution in [0.15, 0.2) is 0 Å². The Hall–Kier alpha value is -0.0800. The minimum Gasteiger partial charge on any atom is -0.396 e. The number of rotatable bonds is 3. The average Bonchev–Trinajstić information content (AvgIpc) is 2.65. The number of hydrogen-bond donors (Lipinski definition) is 2. The van der Waals surface area contributed by atoms with Gasteiger partial charge in [0.2, 0.25) is 0 Å². The maximum absolute atomic E-state index is 9.36. The van der Waals surface area contributed by atoms with E-state index in [1.807, 2.05) is 0 Å². The molecular formula is C13H25NO. The van der Waals surface area contributed by atoms with Crippen molar-refractivity contribution in [2.45, 2.75) is 64.0 Å². The molecule has 0 saturated heterocycles. The first-order valence-corrected chi connectivity index (χ1v) is 6.68. The highest BCUT2D eigenvalue weighted by molar-refractivity contribution is 4.88. The zero-order valence-electron chi connectivity index (χ0n) is 9.91. The van der Waals surface area contributed by atoms with Crippen molar-refractivity contribution in [3.8, 4) is 0 Å². The lowest BCUT2D eigenvalue weighted by molar-refractivity contribution is 0.142. The van der Waals surface area contributed by atoms with Crippen molar-refractivity contribution in [1.82, 2.24) is 5.32 Å². The molecule has 0 aromatic carbocycles. The van der Waals surface area contributed by atoms with Gasteiger partial charge in [-0.1, -0.05) is 26.2 Å². The molecule has 0 aromatic heterocycles. The number of nitrogens with one attached hydrogen (secondary N) is 1. The van der Waals surface area contributed by atoms with Crippen LogP contribution in [0.2, 0.25) is 0 Å². The van der Waals surface area contributed by atoms with Crippen molar-refractivity contribution in [3.05, 3.63) is 0 Å². The van der Waals surface area contributed by atoms with Gasteiger partial charge in [-0.2, -0.15) is 0 Å². The Morgan fingerprint density at radius 3 is 2.40 bits per heavy atom. The van der Waals surface area contributed by atoms with Crippen molar-refractivity contribution in [1.29, 1.82) is 0 Å². The molecule has 15 heavy (non-hydrogen) atoms. The molecule has 88 valence electrons.